The molecule has 1 aromatic carbocycles. The summed E-state index contributed by atoms with van der Waals surface area (Å²) in [7, 11) is 1.28. The molecule has 0 bridgehead atoms. The Balaban J connectivity index is 2.12. The number of halogens is 1. The van der Waals surface area contributed by atoms with Crippen LogP contribution < -0.4 is 0 Å². The summed E-state index contributed by atoms with van der Waals surface area (Å²) in [5, 5.41) is 3.75. The minimum absolute atomic E-state index is 0.302. The van der Waals surface area contributed by atoms with Crippen molar-refractivity contribution in [1.29, 1.82) is 0 Å². The van der Waals surface area contributed by atoms with Crippen LogP contribution >= 0.6 is 0 Å². The molecule has 1 unspecified atom stereocenters. The third kappa shape index (κ3) is 2.03. The van der Waals surface area contributed by atoms with Crippen molar-refractivity contribution in [3.05, 3.63) is 35.6 Å². The van der Waals surface area contributed by atoms with Crippen molar-refractivity contribution in [1.82, 2.24) is 0 Å². The van der Waals surface area contributed by atoms with E-state index in [1.807, 2.05) is 0 Å². The molecular weight excluding hydrogens is 213 g/mol. The zero-order valence-electron chi connectivity index (χ0n) is 8.64. The number of carbonyl (C=O) groups excluding carboxylic acids is 1. The highest BCUT2D eigenvalue weighted by Gasteiger charge is 2.29. The van der Waals surface area contributed by atoms with Gasteiger partial charge in [0.05, 0.1) is 12.8 Å². The van der Waals surface area contributed by atoms with Crippen molar-refractivity contribution in [2.75, 3.05) is 7.11 Å². The van der Waals surface area contributed by atoms with E-state index in [1.165, 1.54) is 19.2 Å². The highest BCUT2D eigenvalue weighted by Crippen LogP contribution is 2.18. The van der Waals surface area contributed by atoms with E-state index < -0.39 is 12.1 Å². The molecule has 0 fully saturated rings. The summed E-state index contributed by atoms with van der Waals surface area (Å²) in [6.45, 7) is 0. The van der Waals surface area contributed by atoms with Gasteiger partial charge < -0.3 is 9.57 Å². The molecule has 16 heavy (non-hydrogen) atoms. The fourth-order valence-electron chi connectivity index (χ4n) is 1.47. The van der Waals surface area contributed by atoms with E-state index in [1.54, 1.807) is 12.1 Å². The molecule has 1 aliphatic heterocycles. The molecule has 0 aliphatic carbocycles. The Hall–Kier alpha value is -1.91. The van der Waals surface area contributed by atoms with Gasteiger partial charge in [-0.3, -0.25) is 0 Å². The summed E-state index contributed by atoms with van der Waals surface area (Å²) in [5.74, 6) is -0.822. The maximum Gasteiger partial charge on any atom is 0.350 e. The molecule has 0 N–H and O–H groups in total. The predicted octanol–water partition coefficient (Wildman–Crippen LogP) is 1.49. The van der Waals surface area contributed by atoms with Gasteiger partial charge >= 0.3 is 5.97 Å². The average molecular weight is 223 g/mol. The van der Waals surface area contributed by atoms with Crippen LogP contribution in [0.5, 0.6) is 0 Å². The largest absolute Gasteiger partial charge is 0.466 e. The van der Waals surface area contributed by atoms with Crippen molar-refractivity contribution in [3.8, 4) is 0 Å². The number of oxime groups is 1. The summed E-state index contributed by atoms with van der Waals surface area (Å²) in [6.07, 6.45) is -0.417. The average Bonchev–Trinajstić information content (AvgIpc) is 2.77. The number of nitrogens with zero attached hydrogens (tertiary/aromatic N) is 1. The van der Waals surface area contributed by atoms with E-state index in [0.29, 0.717) is 17.7 Å². The standard InChI is InChI=1S/C11H10FNO3/c1-15-11(14)10-6-9(13-16-10)7-3-2-4-8(12)5-7/h2-5,10H,6H2,1H3. The van der Waals surface area contributed by atoms with Gasteiger partial charge in [0, 0.05) is 12.0 Å². The lowest BCUT2D eigenvalue weighted by Crippen LogP contribution is -2.22. The highest BCUT2D eigenvalue weighted by atomic mass is 19.1. The Bertz CT molecular complexity index is 445. The first kappa shape index (κ1) is 10.6. The SMILES string of the molecule is COC(=O)C1CC(c2cccc(F)c2)=NO1. The fourth-order valence-corrected chi connectivity index (χ4v) is 1.47. The molecule has 0 radical (unpaired) electrons. The van der Waals surface area contributed by atoms with Crippen LogP contribution in [0.4, 0.5) is 4.39 Å². The molecule has 1 aliphatic rings. The zero-order valence-corrected chi connectivity index (χ0v) is 8.64. The van der Waals surface area contributed by atoms with Crippen molar-refractivity contribution in [2.45, 2.75) is 12.5 Å². The van der Waals surface area contributed by atoms with Crippen LogP contribution in [0.1, 0.15) is 12.0 Å². The zero-order chi connectivity index (χ0) is 11.5. The third-order valence-corrected chi connectivity index (χ3v) is 2.29. The van der Waals surface area contributed by atoms with Crippen LogP contribution in [0.3, 0.4) is 0 Å². The number of hydrogen-bond acceptors (Lipinski definition) is 4. The van der Waals surface area contributed by atoms with Gasteiger partial charge in [0.1, 0.15) is 5.82 Å². The Morgan fingerprint density at radius 3 is 3.12 bits per heavy atom. The number of esters is 1. The van der Waals surface area contributed by atoms with Gasteiger partial charge in [-0.05, 0) is 12.1 Å². The van der Waals surface area contributed by atoms with Crippen LogP contribution in [0.25, 0.3) is 0 Å². The lowest BCUT2D eigenvalue weighted by molar-refractivity contribution is -0.152. The van der Waals surface area contributed by atoms with Crippen LogP contribution in [0, 0.1) is 5.82 Å². The lowest BCUT2D eigenvalue weighted by Gasteiger charge is -2.04. The van der Waals surface area contributed by atoms with Crippen LogP contribution in [0.2, 0.25) is 0 Å². The maximum atomic E-state index is 13.0. The van der Waals surface area contributed by atoms with Crippen molar-refractivity contribution >= 4 is 11.7 Å². The van der Waals surface area contributed by atoms with Crippen LogP contribution in [-0.4, -0.2) is 24.9 Å². The van der Waals surface area contributed by atoms with Crippen molar-refractivity contribution in [2.24, 2.45) is 5.16 Å². The minimum atomic E-state index is -0.719. The number of carbonyl (C=O) groups is 1. The summed E-state index contributed by atoms with van der Waals surface area (Å²) in [6, 6.07) is 5.99. The van der Waals surface area contributed by atoms with Crippen LogP contribution in [-0.2, 0) is 14.4 Å². The number of hydrogen-bond donors (Lipinski definition) is 0. The molecule has 1 heterocycles. The second-order valence-electron chi connectivity index (χ2n) is 3.37. The first-order valence-electron chi connectivity index (χ1n) is 4.77. The number of ether oxygens (including phenoxy) is 1. The van der Waals surface area contributed by atoms with E-state index in [2.05, 4.69) is 9.89 Å². The molecule has 0 saturated carbocycles. The van der Waals surface area contributed by atoms with Gasteiger partial charge in [-0.15, -0.1) is 0 Å². The summed E-state index contributed by atoms with van der Waals surface area (Å²) < 4.78 is 17.5. The molecular formula is C11H10FNO3. The number of methoxy groups -OCH3 is 1. The molecule has 2 rings (SSSR count). The molecule has 0 saturated heterocycles. The van der Waals surface area contributed by atoms with E-state index in [4.69, 9.17) is 4.84 Å². The van der Waals surface area contributed by atoms with Gasteiger partial charge in [-0.1, -0.05) is 17.3 Å². The molecule has 5 heteroatoms. The molecule has 0 spiro atoms. The van der Waals surface area contributed by atoms with E-state index in [9.17, 15) is 9.18 Å². The minimum Gasteiger partial charge on any atom is -0.466 e. The lowest BCUT2D eigenvalue weighted by atomic mass is 10.1. The van der Waals surface area contributed by atoms with Gasteiger partial charge in [-0.2, -0.15) is 0 Å². The molecule has 0 amide bonds. The van der Waals surface area contributed by atoms with E-state index >= 15 is 0 Å². The summed E-state index contributed by atoms with van der Waals surface area (Å²) in [5.41, 5.74) is 1.17. The second kappa shape index (κ2) is 4.30. The predicted molar refractivity (Wildman–Crippen MR) is 54.4 cm³/mol. The Labute approximate surface area is 91.7 Å². The number of rotatable bonds is 2. The summed E-state index contributed by atoms with van der Waals surface area (Å²) in [4.78, 5) is 16.1. The quantitative estimate of drug-likeness (QED) is 0.714. The Morgan fingerprint density at radius 2 is 2.44 bits per heavy atom. The normalized spacial score (nSPS) is 18.9. The van der Waals surface area contributed by atoms with Crippen molar-refractivity contribution < 1.29 is 18.8 Å². The summed E-state index contributed by atoms with van der Waals surface area (Å²) >= 11 is 0. The monoisotopic (exact) mass is 223 g/mol. The molecule has 84 valence electrons. The Morgan fingerprint density at radius 1 is 1.62 bits per heavy atom. The van der Waals surface area contributed by atoms with Gasteiger partial charge in [-0.25, -0.2) is 9.18 Å². The fraction of sp³-hybridized carbons (Fsp3) is 0.273. The van der Waals surface area contributed by atoms with Gasteiger partial charge in [0.2, 0.25) is 6.10 Å². The third-order valence-electron chi connectivity index (χ3n) is 2.29. The van der Waals surface area contributed by atoms with Gasteiger partial charge in [0.15, 0.2) is 0 Å². The van der Waals surface area contributed by atoms with E-state index in [-0.39, 0.29) is 5.82 Å². The van der Waals surface area contributed by atoms with Crippen LogP contribution in [0.15, 0.2) is 29.4 Å². The van der Waals surface area contributed by atoms with Gasteiger partial charge in [0.25, 0.3) is 0 Å². The van der Waals surface area contributed by atoms with E-state index in [0.717, 1.165) is 0 Å². The molecule has 1 atom stereocenters. The maximum absolute atomic E-state index is 13.0. The second-order valence-corrected chi connectivity index (χ2v) is 3.37. The molecule has 4 nitrogen and oxygen atoms in total. The topological polar surface area (TPSA) is 47.9 Å². The first-order valence-corrected chi connectivity index (χ1v) is 4.77. The highest BCUT2D eigenvalue weighted by molar-refractivity contribution is 6.03. The molecule has 0 aromatic heterocycles. The first-order chi connectivity index (χ1) is 7.70. The smallest absolute Gasteiger partial charge is 0.350 e. The Kier molecular flexibility index (Phi) is 2.85. The van der Waals surface area contributed by atoms with Crippen molar-refractivity contribution in [3.63, 3.8) is 0 Å². The number of benzene rings is 1. The molecule has 1 aromatic rings.